The lowest BCUT2D eigenvalue weighted by molar-refractivity contribution is 0.0426. The highest BCUT2D eigenvalue weighted by molar-refractivity contribution is 7.19. The van der Waals surface area contributed by atoms with E-state index in [-0.39, 0.29) is 0 Å². The molecule has 2 fully saturated rings. The number of aromatic nitrogens is 1. The van der Waals surface area contributed by atoms with Gasteiger partial charge in [-0.15, -0.1) is 11.3 Å². The number of allylic oxidation sites excluding steroid dienone is 2. The van der Waals surface area contributed by atoms with Gasteiger partial charge in [0.15, 0.2) is 0 Å². The number of morpholine rings is 1. The van der Waals surface area contributed by atoms with E-state index in [0.717, 1.165) is 80.9 Å². The Morgan fingerprint density at radius 1 is 1.23 bits per heavy atom. The summed E-state index contributed by atoms with van der Waals surface area (Å²) in [6.45, 7) is 11.9. The van der Waals surface area contributed by atoms with Gasteiger partial charge in [-0.3, -0.25) is 9.69 Å². The van der Waals surface area contributed by atoms with Gasteiger partial charge in [-0.25, -0.2) is 4.98 Å². The first-order valence-electron chi connectivity index (χ1n) is 11.7. The first-order chi connectivity index (χ1) is 17.0. The molecule has 2 aromatic heterocycles. The summed E-state index contributed by atoms with van der Waals surface area (Å²) in [5.74, 6) is 0.829. The van der Waals surface area contributed by atoms with E-state index in [9.17, 15) is 4.79 Å². The molecule has 10 heteroatoms. The standard InChI is InChI=1S/C25H33N7O2S/c1-18(17-31-11-13-34-14-12-31)3-2-4-22(26)30-25-20(24(27)33)16-21(35-25)19-5-6-29-23(15-19)32-9-7-28-8-10-32/h2-6,15-16,28,30H,1,7-14,17,26H2,(H2,27,33)/b3-2-,22-4+. The normalized spacial score (nSPS) is 17.6. The number of nitrogens with one attached hydrogen (secondary N) is 2. The van der Waals surface area contributed by atoms with Crippen molar-refractivity contribution in [2.24, 2.45) is 11.5 Å². The van der Waals surface area contributed by atoms with Crippen LogP contribution < -0.4 is 27.0 Å². The van der Waals surface area contributed by atoms with E-state index in [4.69, 9.17) is 16.2 Å². The first kappa shape index (κ1) is 24.9. The zero-order chi connectivity index (χ0) is 24.6. The Morgan fingerprint density at radius 2 is 2.00 bits per heavy atom. The van der Waals surface area contributed by atoms with Gasteiger partial charge in [-0.2, -0.15) is 0 Å². The fourth-order valence-electron chi connectivity index (χ4n) is 4.01. The fraction of sp³-hybridized carbons (Fsp3) is 0.360. The molecule has 2 aliphatic rings. The summed E-state index contributed by atoms with van der Waals surface area (Å²) in [6, 6.07) is 5.79. The highest BCUT2D eigenvalue weighted by Gasteiger charge is 2.17. The molecule has 186 valence electrons. The third-order valence-corrected chi connectivity index (χ3v) is 6.96. The average Bonchev–Trinajstić information content (AvgIpc) is 3.29. The second-order valence-corrected chi connectivity index (χ2v) is 9.56. The minimum absolute atomic E-state index is 0.405. The van der Waals surface area contributed by atoms with E-state index < -0.39 is 5.91 Å². The van der Waals surface area contributed by atoms with Gasteiger partial charge in [0.2, 0.25) is 0 Å². The van der Waals surface area contributed by atoms with Crippen LogP contribution in [-0.4, -0.2) is 74.8 Å². The van der Waals surface area contributed by atoms with Crippen molar-refractivity contribution in [3.63, 3.8) is 0 Å². The molecule has 6 N–H and O–H groups in total. The number of nitrogens with zero attached hydrogens (tertiary/aromatic N) is 3. The van der Waals surface area contributed by atoms with Crippen LogP contribution in [0.15, 0.2) is 60.6 Å². The maximum atomic E-state index is 12.1. The van der Waals surface area contributed by atoms with Crippen LogP contribution in [0.4, 0.5) is 10.8 Å². The van der Waals surface area contributed by atoms with Crippen LogP contribution in [0.3, 0.4) is 0 Å². The molecule has 0 unspecified atom stereocenters. The number of pyridine rings is 1. The van der Waals surface area contributed by atoms with Crippen LogP contribution in [0.1, 0.15) is 10.4 Å². The fourth-order valence-corrected chi connectivity index (χ4v) is 5.09. The third kappa shape index (κ3) is 6.92. The van der Waals surface area contributed by atoms with Gasteiger partial charge in [0.1, 0.15) is 16.6 Å². The van der Waals surface area contributed by atoms with Crippen molar-refractivity contribution in [2.45, 2.75) is 0 Å². The van der Waals surface area contributed by atoms with Crippen LogP contribution in [0, 0.1) is 0 Å². The molecule has 2 aliphatic heterocycles. The number of nitrogens with two attached hydrogens (primary N) is 2. The van der Waals surface area contributed by atoms with E-state index in [1.54, 1.807) is 18.3 Å². The average molecular weight is 496 g/mol. The number of piperazine rings is 1. The molecule has 35 heavy (non-hydrogen) atoms. The molecule has 0 aromatic carbocycles. The highest BCUT2D eigenvalue weighted by atomic mass is 32.1. The zero-order valence-electron chi connectivity index (χ0n) is 19.8. The summed E-state index contributed by atoms with van der Waals surface area (Å²) in [6.07, 6.45) is 7.34. The van der Waals surface area contributed by atoms with Crippen molar-refractivity contribution in [3.05, 3.63) is 66.2 Å². The molecule has 4 heterocycles. The molecule has 2 aromatic rings. The van der Waals surface area contributed by atoms with E-state index in [1.165, 1.54) is 11.3 Å². The lowest BCUT2D eigenvalue weighted by atomic mass is 10.2. The monoisotopic (exact) mass is 495 g/mol. The van der Waals surface area contributed by atoms with Crippen LogP contribution >= 0.6 is 11.3 Å². The molecule has 0 atom stereocenters. The van der Waals surface area contributed by atoms with Crippen LogP contribution in [0.2, 0.25) is 0 Å². The first-order valence-corrected chi connectivity index (χ1v) is 12.6. The van der Waals surface area contributed by atoms with Gasteiger partial charge in [0, 0.05) is 56.9 Å². The Morgan fingerprint density at radius 3 is 2.74 bits per heavy atom. The minimum atomic E-state index is -0.506. The molecule has 9 nitrogen and oxygen atoms in total. The lowest BCUT2D eigenvalue weighted by Crippen LogP contribution is -2.43. The Kier molecular flexibility index (Phi) is 8.54. The third-order valence-electron chi connectivity index (χ3n) is 5.86. The number of hydrogen-bond donors (Lipinski definition) is 4. The quantitative estimate of drug-likeness (QED) is 0.390. The van der Waals surface area contributed by atoms with Gasteiger partial charge in [-0.1, -0.05) is 18.7 Å². The smallest absolute Gasteiger partial charge is 0.251 e. The molecule has 4 rings (SSSR count). The van der Waals surface area contributed by atoms with Gasteiger partial charge < -0.3 is 31.7 Å². The highest BCUT2D eigenvalue weighted by Crippen LogP contribution is 2.36. The number of anilines is 2. The molecule has 0 saturated carbocycles. The molecular weight excluding hydrogens is 462 g/mol. The summed E-state index contributed by atoms with van der Waals surface area (Å²) in [5, 5.41) is 7.09. The molecule has 0 spiro atoms. The Balaban J connectivity index is 1.44. The second kappa shape index (κ2) is 12.0. The number of rotatable bonds is 9. The van der Waals surface area contributed by atoms with Gasteiger partial charge in [-0.05, 0) is 35.4 Å². The molecule has 0 aliphatic carbocycles. The van der Waals surface area contributed by atoms with Crippen molar-refractivity contribution in [3.8, 4) is 10.4 Å². The molecule has 0 radical (unpaired) electrons. The van der Waals surface area contributed by atoms with Crippen molar-refractivity contribution >= 4 is 28.1 Å². The summed E-state index contributed by atoms with van der Waals surface area (Å²) in [5.41, 5.74) is 14.2. The molecule has 2 saturated heterocycles. The predicted molar refractivity (Wildman–Crippen MR) is 143 cm³/mol. The van der Waals surface area contributed by atoms with Gasteiger partial charge >= 0.3 is 0 Å². The van der Waals surface area contributed by atoms with Crippen molar-refractivity contribution in [2.75, 3.05) is 69.2 Å². The SMILES string of the molecule is C=C(/C=C\C=C(/N)Nc1sc(-c2ccnc(N3CCNCC3)c2)cc1C(N)=O)CN1CCOCC1. The molecule has 1 amide bonds. The van der Waals surface area contributed by atoms with Crippen LogP contribution in [0.5, 0.6) is 0 Å². The summed E-state index contributed by atoms with van der Waals surface area (Å²) < 4.78 is 5.38. The topological polar surface area (TPSA) is 122 Å². The number of hydrogen-bond acceptors (Lipinski definition) is 9. The Bertz CT molecular complexity index is 1100. The van der Waals surface area contributed by atoms with E-state index in [2.05, 4.69) is 32.0 Å². The summed E-state index contributed by atoms with van der Waals surface area (Å²) >= 11 is 1.44. The number of carbonyl (C=O) groups is 1. The van der Waals surface area contributed by atoms with Gasteiger partial charge in [0.25, 0.3) is 5.91 Å². The zero-order valence-corrected chi connectivity index (χ0v) is 20.7. The molecule has 0 bridgehead atoms. The van der Waals surface area contributed by atoms with Gasteiger partial charge in [0.05, 0.1) is 18.8 Å². The largest absolute Gasteiger partial charge is 0.385 e. The van der Waals surface area contributed by atoms with E-state index in [1.807, 2.05) is 24.3 Å². The van der Waals surface area contributed by atoms with Crippen LogP contribution in [-0.2, 0) is 4.74 Å². The summed E-state index contributed by atoms with van der Waals surface area (Å²) in [7, 11) is 0. The molecular formula is C25H33N7O2S. The number of carbonyl (C=O) groups excluding carboxylic acids is 1. The second-order valence-electron chi connectivity index (χ2n) is 8.51. The maximum absolute atomic E-state index is 12.1. The summed E-state index contributed by atoms with van der Waals surface area (Å²) in [4.78, 5) is 22.1. The number of primary amides is 1. The van der Waals surface area contributed by atoms with E-state index >= 15 is 0 Å². The minimum Gasteiger partial charge on any atom is -0.385 e. The van der Waals surface area contributed by atoms with E-state index in [0.29, 0.717) is 16.4 Å². The number of amides is 1. The van der Waals surface area contributed by atoms with Crippen molar-refractivity contribution < 1.29 is 9.53 Å². The van der Waals surface area contributed by atoms with Crippen molar-refractivity contribution in [1.29, 1.82) is 0 Å². The number of thiophene rings is 1. The Hall–Kier alpha value is -3.18. The van der Waals surface area contributed by atoms with Crippen LogP contribution in [0.25, 0.3) is 10.4 Å². The lowest BCUT2D eigenvalue weighted by Gasteiger charge is -2.28. The maximum Gasteiger partial charge on any atom is 0.251 e. The predicted octanol–water partition coefficient (Wildman–Crippen LogP) is 1.98. The van der Waals surface area contributed by atoms with Crippen molar-refractivity contribution in [1.82, 2.24) is 15.2 Å². The Labute approximate surface area is 210 Å². The number of ether oxygens (including phenoxy) is 1.